The number of fused-ring (bicyclic) bond motifs is 1. The Balaban J connectivity index is 2.00. The minimum Gasteiger partial charge on any atom is -0.326 e. The summed E-state index contributed by atoms with van der Waals surface area (Å²) >= 11 is 2.15. The summed E-state index contributed by atoms with van der Waals surface area (Å²) in [4.78, 5) is 0. The van der Waals surface area contributed by atoms with Crippen LogP contribution in [0.5, 0.6) is 0 Å². The summed E-state index contributed by atoms with van der Waals surface area (Å²) in [5, 5.41) is 0.865. The molecule has 0 spiro atoms. The largest absolute Gasteiger partial charge is 0.326 e. The van der Waals surface area contributed by atoms with Gasteiger partial charge in [-0.3, -0.25) is 0 Å². The van der Waals surface area contributed by atoms with Gasteiger partial charge in [-0.05, 0) is 36.3 Å². The minimum atomic E-state index is 0.564. The van der Waals surface area contributed by atoms with Crippen LogP contribution in [0.15, 0.2) is 0 Å². The maximum Gasteiger partial charge on any atom is 0.0233 e. The van der Waals surface area contributed by atoms with Crippen molar-refractivity contribution in [2.24, 2.45) is 23.5 Å². The lowest BCUT2D eigenvalue weighted by atomic mass is 9.88. The summed E-state index contributed by atoms with van der Waals surface area (Å²) in [5.41, 5.74) is 6.08. The van der Waals surface area contributed by atoms with E-state index in [-0.39, 0.29) is 0 Å². The predicted molar refractivity (Wildman–Crippen MR) is 43.9 cm³/mol. The molecular weight excluding hydrogens is 142 g/mol. The lowest BCUT2D eigenvalue weighted by Crippen LogP contribution is -2.37. The van der Waals surface area contributed by atoms with Crippen molar-refractivity contribution < 1.29 is 0 Å². The molecule has 0 radical (unpaired) electrons. The molecule has 0 aromatic carbocycles. The van der Waals surface area contributed by atoms with Crippen molar-refractivity contribution in [2.75, 3.05) is 5.75 Å². The van der Waals surface area contributed by atoms with E-state index in [4.69, 9.17) is 5.73 Å². The first-order valence-electron chi connectivity index (χ1n) is 4.23. The van der Waals surface area contributed by atoms with E-state index in [0.717, 1.165) is 23.0 Å². The number of nitrogens with two attached hydrogens (primary N) is 1. The third kappa shape index (κ3) is 0.517. The van der Waals surface area contributed by atoms with E-state index in [1.54, 1.807) is 0 Å². The van der Waals surface area contributed by atoms with Gasteiger partial charge < -0.3 is 5.73 Å². The molecule has 10 heavy (non-hydrogen) atoms. The van der Waals surface area contributed by atoms with Gasteiger partial charge in [0.2, 0.25) is 0 Å². The Hall–Kier alpha value is 0.310. The summed E-state index contributed by atoms with van der Waals surface area (Å²) in [7, 11) is 0. The molecule has 3 rings (SSSR count). The Labute approximate surface area is 65.7 Å². The van der Waals surface area contributed by atoms with Crippen molar-refractivity contribution in [1.29, 1.82) is 0 Å². The number of hydrogen-bond acceptors (Lipinski definition) is 2. The van der Waals surface area contributed by atoms with Gasteiger partial charge in [-0.2, -0.15) is 11.8 Å². The van der Waals surface area contributed by atoms with E-state index in [0.29, 0.717) is 6.04 Å². The monoisotopic (exact) mass is 155 g/mol. The highest BCUT2D eigenvalue weighted by atomic mass is 32.2. The normalized spacial score (nSPS) is 63.9. The van der Waals surface area contributed by atoms with Crippen LogP contribution in [-0.4, -0.2) is 17.0 Å². The molecule has 1 heterocycles. The molecule has 2 aliphatic carbocycles. The van der Waals surface area contributed by atoms with Crippen molar-refractivity contribution >= 4 is 11.8 Å². The zero-order chi connectivity index (χ0) is 6.72. The maximum absolute atomic E-state index is 6.08. The Kier molecular flexibility index (Phi) is 1.02. The summed E-state index contributed by atoms with van der Waals surface area (Å²) in [6, 6.07) is 0.564. The first-order valence-corrected chi connectivity index (χ1v) is 5.28. The van der Waals surface area contributed by atoms with Gasteiger partial charge in [0.25, 0.3) is 0 Å². The van der Waals surface area contributed by atoms with Gasteiger partial charge in [-0.15, -0.1) is 0 Å². The molecule has 0 aromatic rings. The van der Waals surface area contributed by atoms with Crippen molar-refractivity contribution in [3.8, 4) is 0 Å². The predicted octanol–water partition coefficient (Wildman–Crippen LogP) is 1.09. The smallest absolute Gasteiger partial charge is 0.0233 e. The second-order valence-electron chi connectivity index (χ2n) is 4.03. The van der Waals surface area contributed by atoms with Crippen LogP contribution in [0.4, 0.5) is 0 Å². The van der Waals surface area contributed by atoms with Crippen LogP contribution in [0.1, 0.15) is 12.8 Å². The fraction of sp³-hybridized carbons (Fsp3) is 1.00. The Morgan fingerprint density at radius 3 is 2.80 bits per heavy atom. The quantitative estimate of drug-likeness (QED) is 0.566. The molecular formula is C8H13NS. The summed E-state index contributed by atoms with van der Waals surface area (Å²) in [6.45, 7) is 0. The standard InChI is InChI=1S/C8H13NS/c9-7-4-1-5-3-10-8(7)6(5)2-4/h4-8H,1-3,9H2. The molecule has 3 fully saturated rings. The van der Waals surface area contributed by atoms with Crippen LogP contribution in [0.3, 0.4) is 0 Å². The van der Waals surface area contributed by atoms with Gasteiger partial charge >= 0.3 is 0 Å². The lowest BCUT2D eigenvalue weighted by molar-refractivity contribution is 0.362. The van der Waals surface area contributed by atoms with Crippen LogP contribution < -0.4 is 5.73 Å². The van der Waals surface area contributed by atoms with Gasteiger partial charge in [0, 0.05) is 11.3 Å². The first-order chi connectivity index (χ1) is 4.86. The SMILES string of the molecule is NC1C2CC3CSC1C3C2. The highest BCUT2D eigenvalue weighted by Crippen LogP contribution is 2.58. The molecule has 5 unspecified atom stereocenters. The van der Waals surface area contributed by atoms with Gasteiger partial charge in [-0.25, -0.2) is 0 Å². The van der Waals surface area contributed by atoms with Crippen LogP contribution in [-0.2, 0) is 0 Å². The number of thioether (sulfide) groups is 1. The highest BCUT2D eigenvalue weighted by Gasteiger charge is 2.54. The van der Waals surface area contributed by atoms with Gasteiger partial charge in [0.15, 0.2) is 0 Å². The molecule has 5 atom stereocenters. The van der Waals surface area contributed by atoms with Crippen LogP contribution in [0.25, 0.3) is 0 Å². The van der Waals surface area contributed by atoms with Crippen LogP contribution in [0, 0.1) is 17.8 Å². The zero-order valence-electron chi connectivity index (χ0n) is 5.99. The van der Waals surface area contributed by atoms with Crippen molar-refractivity contribution in [3.63, 3.8) is 0 Å². The minimum absolute atomic E-state index is 0.564. The molecule has 0 aromatic heterocycles. The molecule has 2 N–H and O–H groups in total. The van der Waals surface area contributed by atoms with E-state index in [9.17, 15) is 0 Å². The molecule has 2 heteroatoms. The molecule has 2 bridgehead atoms. The van der Waals surface area contributed by atoms with Crippen molar-refractivity contribution in [3.05, 3.63) is 0 Å². The Bertz CT molecular complexity index is 169. The number of rotatable bonds is 0. The van der Waals surface area contributed by atoms with Gasteiger partial charge in [0.05, 0.1) is 0 Å². The maximum atomic E-state index is 6.08. The molecule has 0 amide bonds. The average Bonchev–Trinajstić information content (AvgIpc) is 2.43. The van der Waals surface area contributed by atoms with E-state index in [2.05, 4.69) is 11.8 Å². The van der Waals surface area contributed by atoms with Gasteiger partial charge in [0.1, 0.15) is 0 Å². The van der Waals surface area contributed by atoms with Gasteiger partial charge in [-0.1, -0.05) is 0 Å². The molecule has 56 valence electrons. The lowest BCUT2D eigenvalue weighted by Gasteiger charge is -2.23. The fourth-order valence-electron chi connectivity index (χ4n) is 3.13. The average molecular weight is 155 g/mol. The van der Waals surface area contributed by atoms with Crippen molar-refractivity contribution in [1.82, 2.24) is 0 Å². The summed E-state index contributed by atoms with van der Waals surface area (Å²) in [6.07, 6.45) is 2.92. The molecule has 2 saturated carbocycles. The highest BCUT2D eigenvalue weighted by molar-refractivity contribution is 8.00. The third-order valence-electron chi connectivity index (χ3n) is 3.63. The zero-order valence-corrected chi connectivity index (χ0v) is 6.81. The Morgan fingerprint density at radius 1 is 1.20 bits per heavy atom. The second-order valence-corrected chi connectivity index (χ2v) is 5.24. The van der Waals surface area contributed by atoms with E-state index in [1.807, 2.05) is 0 Å². The van der Waals surface area contributed by atoms with E-state index in [1.165, 1.54) is 18.6 Å². The topological polar surface area (TPSA) is 26.0 Å². The molecule has 3 aliphatic rings. The molecule has 1 aliphatic heterocycles. The third-order valence-corrected chi connectivity index (χ3v) is 5.30. The molecule has 1 saturated heterocycles. The summed E-state index contributed by atoms with van der Waals surface area (Å²) in [5.74, 6) is 4.43. The van der Waals surface area contributed by atoms with E-state index < -0.39 is 0 Å². The first kappa shape index (κ1) is 5.90. The summed E-state index contributed by atoms with van der Waals surface area (Å²) < 4.78 is 0. The Morgan fingerprint density at radius 2 is 2.10 bits per heavy atom. The van der Waals surface area contributed by atoms with E-state index >= 15 is 0 Å². The van der Waals surface area contributed by atoms with Crippen LogP contribution >= 0.6 is 11.8 Å². The molecule has 1 nitrogen and oxygen atoms in total. The van der Waals surface area contributed by atoms with Crippen molar-refractivity contribution in [2.45, 2.75) is 24.1 Å². The fourth-order valence-corrected chi connectivity index (χ4v) is 5.01. The number of hydrogen-bond donors (Lipinski definition) is 1. The second kappa shape index (κ2) is 1.72. The van der Waals surface area contributed by atoms with Crippen LogP contribution in [0.2, 0.25) is 0 Å².